The average Bonchev–Trinajstić information content (AvgIpc) is 2.33. The summed E-state index contributed by atoms with van der Waals surface area (Å²) in [5, 5.41) is 0. The Balaban J connectivity index is 2.46. The van der Waals surface area contributed by atoms with Crippen molar-refractivity contribution in [3.05, 3.63) is 23.9 Å². The Kier molecular flexibility index (Phi) is 0.859. The van der Waals surface area contributed by atoms with E-state index in [1.54, 1.807) is 0 Å². The summed E-state index contributed by atoms with van der Waals surface area (Å²) in [6.45, 7) is 0. The highest BCUT2D eigenvalue weighted by Gasteiger charge is 2.08. The van der Waals surface area contributed by atoms with Crippen LogP contribution in [0.5, 0.6) is 0 Å². The average molecular weight is 117 g/mol. The lowest BCUT2D eigenvalue weighted by Crippen LogP contribution is -1.95. The first-order chi connectivity index (χ1) is 4.47. The normalized spacial score (nSPS) is 21.3. The fourth-order valence-electron chi connectivity index (χ4n) is 0.879. The highest BCUT2D eigenvalue weighted by Crippen LogP contribution is 2.12. The number of aliphatic imine (C=N–C) groups is 2. The first-order valence-corrected chi connectivity index (χ1v) is 2.87. The first-order valence-electron chi connectivity index (χ1n) is 2.87. The second kappa shape index (κ2) is 1.65. The largest absolute Gasteiger partial charge is 0.224 e. The number of fused-ring (bicyclic) bond motifs is 1. The van der Waals surface area contributed by atoms with Crippen molar-refractivity contribution in [3.8, 4) is 0 Å². The fraction of sp³-hybridized carbons (Fsp3) is 0.143. The Morgan fingerprint density at radius 2 is 2.56 bits per heavy atom. The summed E-state index contributed by atoms with van der Waals surface area (Å²) in [5.74, 6) is 0. The molecule has 0 aromatic carbocycles. The molecule has 9 heavy (non-hydrogen) atoms. The molecule has 2 aliphatic rings. The van der Waals surface area contributed by atoms with E-state index < -0.39 is 0 Å². The third-order valence-electron chi connectivity index (χ3n) is 1.33. The molecule has 2 nitrogen and oxygen atoms in total. The van der Waals surface area contributed by atoms with Crippen LogP contribution in [-0.2, 0) is 0 Å². The summed E-state index contributed by atoms with van der Waals surface area (Å²) >= 11 is 0. The predicted octanol–water partition coefficient (Wildman–Crippen LogP) is 1.19. The van der Waals surface area contributed by atoms with Gasteiger partial charge in [0.1, 0.15) is 0 Å². The van der Waals surface area contributed by atoms with Gasteiger partial charge in [-0.3, -0.25) is 0 Å². The summed E-state index contributed by atoms with van der Waals surface area (Å²) in [7, 11) is 0. The smallest absolute Gasteiger partial charge is 0.199 e. The Labute approximate surface area is 53.3 Å². The van der Waals surface area contributed by atoms with Gasteiger partial charge in [0.05, 0.1) is 11.4 Å². The highest BCUT2D eigenvalue weighted by molar-refractivity contribution is 6.14. The van der Waals surface area contributed by atoms with Gasteiger partial charge in [-0.15, -0.1) is 0 Å². The molecule has 0 bridgehead atoms. The molecule has 0 aromatic heterocycles. The Morgan fingerprint density at radius 1 is 1.56 bits per heavy atom. The molecule has 1 radical (unpaired) electrons. The van der Waals surface area contributed by atoms with Crippen molar-refractivity contribution in [1.29, 1.82) is 0 Å². The van der Waals surface area contributed by atoms with Crippen LogP contribution in [0, 0.1) is 0 Å². The molecule has 1 aliphatic carbocycles. The maximum absolute atomic E-state index is 3.91. The molecular formula is C7H5N2. The van der Waals surface area contributed by atoms with Crippen molar-refractivity contribution in [2.75, 3.05) is 0 Å². The molecular weight excluding hydrogens is 112 g/mol. The van der Waals surface area contributed by atoms with Gasteiger partial charge in [0.25, 0.3) is 0 Å². The van der Waals surface area contributed by atoms with Crippen LogP contribution in [-0.4, -0.2) is 12.1 Å². The van der Waals surface area contributed by atoms with E-state index in [1.807, 2.05) is 12.2 Å². The van der Waals surface area contributed by atoms with Gasteiger partial charge in [-0.05, 0) is 12.5 Å². The van der Waals surface area contributed by atoms with E-state index in [0.717, 1.165) is 17.8 Å². The fourth-order valence-corrected chi connectivity index (χ4v) is 0.879. The van der Waals surface area contributed by atoms with Crippen LogP contribution in [0.1, 0.15) is 6.42 Å². The van der Waals surface area contributed by atoms with Crippen molar-refractivity contribution in [3.63, 3.8) is 0 Å². The van der Waals surface area contributed by atoms with Crippen LogP contribution in [0.3, 0.4) is 0 Å². The van der Waals surface area contributed by atoms with Crippen LogP contribution < -0.4 is 0 Å². The zero-order valence-electron chi connectivity index (χ0n) is 4.83. The Hall–Kier alpha value is -1.18. The van der Waals surface area contributed by atoms with E-state index in [-0.39, 0.29) is 0 Å². The molecule has 0 spiro atoms. The molecule has 0 unspecified atom stereocenters. The van der Waals surface area contributed by atoms with Crippen molar-refractivity contribution < 1.29 is 0 Å². The van der Waals surface area contributed by atoms with Gasteiger partial charge in [0.2, 0.25) is 0 Å². The molecule has 0 saturated heterocycles. The quantitative estimate of drug-likeness (QED) is 0.455. The third-order valence-corrected chi connectivity index (χ3v) is 1.33. The summed E-state index contributed by atoms with van der Waals surface area (Å²) in [6, 6.07) is 0. The van der Waals surface area contributed by atoms with Gasteiger partial charge in [-0.25, -0.2) is 9.98 Å². The van der Waals surface area contributed by atoms with E-state index in [9.17, 15) is 0 Å². The van der Waals surface area contributed by atoms with Crippen molar-refractivity contribution in [2.24, 2.45) is 9.98 Å². The van der Waals surface area contributed by atoms with Crippen LogP contribution >= 0.6 is 0 Å². The Morgan fingerprint density at radius 3 is 3.44 bits per heavy atom. The molecule has 0 N–H and O–H groups in total. The van der Waals surface area contributed by atoms with Crippen molar-refractivity contribution >= 4 is 12.1 Å². The van der Waals surface area contributed by atoms with Crippen molar-refractivity contribution in [2.45, 2.75) is 6.42 Å². The van der Waals surface area contributed by atoms with E-state index >= 15 is 0 Å². The SMILES string of the molecule is [C]1=NC2=CCC=CC2=N1. The molecule has 2 heteroatoms. The second-order valence-corrected chi connectivity index (χ2v) is 1.94. The summed E-state index contributed by atoms with van der Waals surface area (Å²) < 4.78 is 0. The van der Waals surface area contributed by atoms with Gasteiger partial charge in [0.15, 0.2) is 6.34 Å². The van der Waals surface area contributed by atoms with E-state index in [1.165, 1.54) is 0 Å². The minimum atomic E-state index is 0.946. The van der Waals surface area contributed by atoms with Gasteiger partial charge in [0, 0.05) is 0 Å². The zero-order chi connectivity index (χ0) is 6.10. The van der Waals surface area contributed by atoms with Gasteiger partial charge in [-0.2, -0.15) is 0 Å². The monoisotopic (exact) mass is 117 g/mol. The lowest BCUT2D eigenvalue weighted by molar-refractivity contribution is 1.31. The molecule has 2 rings (SSSR count). The molecule has 1 heterocycles. The molecule has 0 amide bonds. The topological polar surface area (TPSA) is 24.7 Å². The molecule has 0 fully saturated rings. The maximum Gasteiger partial charge on any atom is 0.199 e. The third kappa shape index (κ3) is 0.633. The maximum atomic E-state index is 3.91. The standard InChI is InChI=1S/C7H5N2/c1-2-4-7-6(3-1)8-5-9-7/h1,3-4H,2H2. The molecule has 0 saturated carbocycles. The molecule has 43 valence electrons. The highest BCUT2D eigenvalue weighted by atomic mass is 15.0. The second-order valence-electron chi connectivity index (χ2n) is 1.94. The minimum Gasteiger partial charge on any atom is -0.224 e. The lowest BCUT2D eigenvalue weighted by atomic mass is 10.1. The van der Waals surface area contributed by atoms with Gasteiger partial charge < -0.3 is 0 Å². The van der Waals surface area contributed by atoms with Crippen LogP contribution in [0.2, 0.25) is 0 Å². The van der Waals surface area contributed by atoms with E-state index in [4.69, 9.17) is 0 Å². The van der Waals surface area contributed by atoms with Gasteiger partial charge >= 0.3 is 0 Å². The van der Waals surface area contributed by atoms with E-state index in [2.05, 4.69) is 22.4 Å². The molecule has 0 aromatic rings. The van der Waals surface area contributed by atoms with E-state index in [0.29, 0.717) is 0 Å². The number of hydrogen-bond acceptors (Lipinski definition) is 2. The summed E-state index contributed by atoms with van der Waals surface area (Å²) in [4.78, 5) is 7.82. The minimum absolute atomic E-state index is 0.946. The van der Waals surface area contributed by atoms with Crippen molar-refractivity contribution in [1.82, 2.24) is 0 Å². The number of hydrogen-bond donors (Lipinski definition) is 0. The molecule has 0 atom stereocenters. The number of nitrogens with zero attached hydrogens (tertiary/aromatic N) is 2. The first kappa shape index (κ1) is 4.68. The van der Waals surface area contributed by atoms with Crippen LogP contribution in [0.25, 0.3) is 0 Å². The number of allylic oxidation sites excluding steroid dienone is 3. The van der Waals surface area contributed by atoms with Crippen LogP contribution in [0.4, 0.5) is 0 Å². The Bertz CT molecular complexity index is 244. The summed E-state index contributed by atoms with van der Waals surface area (Å²) in [6.07, 6.45) is 9.60. The lowest BCUT2D eigenvalue weighted by Gasteiger charge is -1.98. The number of rotatable bonds is 0. The summed E-state index contributed by atoms with van der Waals surface area (Å²) in [5.41, 5.74) is 1.92. The van der Waals surface area contributed by atoms with Gasteiger partial charge in [-0.1, -0.05) is 12.2 Å². The molecule has 1 aliphatic heterocycles. The predicted molar refractivity (Wildman–Crippen MR) is 36.7 cm³/mol. The van der Waals surface area contributed by atoms with Crippen LogP contribution in [0.15, 0.2) is 33.9 Å². The zero-order valence-corrected chi connectivity index (χ0v) is 4.83.